The van der Waals surface area contributed by atoms with Gasteiger partial charge in [-0.05, 0) is 87.5 Å². The molecule has 25 heteroatoms. The number of aryl methyl sites for hydroxylation is 2. The van der Waals surface area contributed by atoms with Crippen LogP contribution in [0, 0.1) is 24.7 Å². The summed E-state index contributed by atoms with van der Waals surface area (Å²) in [5.74, 6) is -0.224. The number of H-pyrrole nitrogens is 2. The van der Waals surface area contributed by atoms with E-state index < -0.39 is 31.9 Å². The second kappa shape index (κ2) is 18.8. The molecular formula is C38H44Cl2N12O9S2. The van der Waals surface area contributed by atoms with Crippen LogP contribution in [0.15, 0.2) is 71.0 Å². The topological polar surface area (TPSA) is 298 Å². The molecule has 0 atom stereocenters. The van der Waals surface area contributed by atoms with Crippen LogP contribution in [0.25, 0.3) is 11.6 Å². The van der Waals surface area contributed by atoms with Crippen LogP contribution in [0.3, 0.4) is 0 Å². The largest absolute Gasteiger partial charge is 0.478 e. The Morgan fingerprint density at radius 3 is 1.57 bits per heavy atom. The fourth-order valence-corrected chi connectivity index (χ4v) is 7.90. The van der Waals surface area contributed by atoms with Crippen molar-refractivity contribution in [1.82, 2.24) is 54.6 Å². The Hall–Kier alpha value is -5.88. The number of aromatic nitrogens is 10. The normalized spacial score (nSPS) is 14.7. The van der Waals surface area contributed by atoms with Crippen LogP contribution in [-0.2, 0) is 20.0 Å². The first-order chi connectivity index (χ1) is 29.7. The van der Waals surface area contributed by atoms with Crippen LogP contribution in [0.2, 0.25) is 10.3 Å². The highest BCUT2D eigenvalue weighted by molar-refractivity contribution is 7.90. The minimum absolute atomic E-state index is 0.0354. The Morgan fingerprint density at radius 2 is 1.21 bits per heavy atom. The van der Waals surface area contributed by atoms with Gasteiger partial charge in [-0.3, -0.25) is 15.0 Å². The van der Waals surface area contributed by atoms with E-state index in [4.69, 9.17) is 42.9 Å². The second-order valence-corrected chi connectivity index (χ2v) is 19.4. The number of hydrogen-bond donors (Lipinski definition) is 5. The minimum atomic E-state index is -4.10. The molecule has 0 aliphatic heterocycles. The first-order valence-electron chi connectivity index (χ1n) is 19.2. The van der Waals surface area contributed by atoms with Crippen molar-refractivity contribution in [3.05, 3.63) is 94.0 Å². The van der Waals surface area contributed by atoms with Gasteiger partial charge in [0, 0.05) is 24.5 Å². The number of carbonyl (C=O) groups excluding carboxylic acids is 1. The maximum absolute atomic E-state index is 12.5. The smallest absolute Gasteiger partial charge is 0.338 e. The van der Waals surface area contributed by atoms with Gasteiger partial charge < -0.3 is 14.6 Å². The van der Waals surface area contributed by atoms with Crippen LogP contribution in [0.1, 0.15) is 84.5 Å². The molecule has 2 fully saturated rings. The Labute approximate surface area is 371 Å². The van der Waals surface area contributed by atoms with Gasteiger partial charge in [-0.1, -0.05) is 37.0 Å². The third-order valence-corrected chi connectivity index (χ3v) is 13.3. The van der Waals surface area contributed by atoms with Crippen molar-refractivity contribution in [3.8, 4) is 23.4 Å². The highest BCUT2D eigenvalue weighted by Gasteiger charge is 2.37. The number of aromatic amines is 2. The van der Waals surface area contributed by atoms with Crippen LogP contribution < -0.4 is 19.3 Å². The maximum atomic E-state index is 12.5. The standard InChI is InChI=1S/C19H21ClN6O4S.C15H16ClN3O3.C4H7N3O2S/c1-12-14(11-21-23-12)31(28,29)25-18(27)13-3-4-15(22-17(13)20)26-9-5-16(24-26)30-10-8-19(2)6-7-19;1-15(5-6-15)7-9-22-12-4-8-19(18-12)11-3-2-10(14(20)21)13(16)17-11;1-3-4(2-6-7-3)10(5,8)9/h3-5,9,11H,6-8,10H2,1-2H3,(H,21,23)(H,25,27);2-4,8H,5-7,9H2,1H3,(H,20,21);2H,1H3,(H,6,7)(H2,5,8,9). The fraction of sp³-hybridized carbons (Fsp3) is 0.368. The number of sulfonamides is 2. The van der Waals surface area contributed by atoms with E-state index in [0.29, 0.717) is 58.8 Å². The quantitative estimate of drug-likeness (QED) is 0.0828. The minimum Gasteiger partial charge on any atom is -0.478 e. The number of ether oxygens (including phenoxy) is 2. The lowest BCUT2D eigenvalue weighted by Gasteiger charge is -2.09. The van der Waals surface area contributed by atoms with Crippen LogP contribution in [0.4, 0.5) is 0 Å². The molecule has 0 spiro atoms. The summed E-state index contributed by atoms with van der Waals surface area (Å²) in [6.07, 6.45) is 12.7. The highest BCUT2D eigenvalue weighted by atomic mass is 35.5. The average Bonchev–Trinajstić information content (AvgIpc) is 3.69. The van der Waals surface area contributed by atoms with Gasteiger partial charge in [0.25, 0.3) is 15.9 Å². The number of rotatable bonds is 15. The number of aromatic carboxylic acids is 1. The predicted molar refractivity (Wildman–Crippen MR) is 227 cm³/mol. The Bertz CT molecular complexity index is 2830. The number of hydrogen-bond acceptors (Lipinski definition) is 14. The van der Waals surface area contributed by atoms with Gasteiger partial charge in [0.15, 0.2) is 11.6 Å². The molecule has 0 radical (unpaired) electrons. The Morgan fingerprint density at radius 1 is 0.762 bits per heavy atom. The zero-order chi connectivity index (χ0) is 45.7. The molecule has 0 saturated heterocycles. The number of nitrogens with two attached hydrogens (primary N) is 1. The molecular weight excluding hydrogens is 904 g/mol. The van der Waals surface area contributed by atoms with E-state index in [-0.39, 0.29) is 31.2 Å². The molecule has 1 amide bonds. The van der Waals surface area contributed by atoms with Crippen molar-refractivity contribution in [2.24, 2.45) is 16.0 Å². The molecule has 6 N–H and O–H groups in total. The lowest BCUT2D eigenvalue weighted by Crippen LogP contribution is -2.31. The predicted octanol–water partition coefficient (Wildman–Crippen LogP) is 5.19. The van der Waals surface area contributed by atoms with Crippen molar-refractivity contribution in [2.45, 2.75) is 76.0 Å². The molecule has 0 unspecified atom stereocenters. The Kier molecular flexibility index (Phi) is 13.9. The number of carboxylic acids is 1. The van der Waals surface area contributed by atoms with Crippen molar-refractivity contribution < 1.29 is 41.0 Å². The summed E-state index contributed by atoms with van der Waals surface area (Å²) in [6, 6.07) is 9.31. The summed E-state index contributed by atoms with van der Waals surface area (Å²) < 4.78 is 62.3. The van der Waals surface area contributed by atoms with E-state index in [1.165, 1.54) is 66.4 Å². The molecule has 0 aromatic carbocycles. The van der Waals surface area contributed by atoms with Gasteiger partial charge in [-0.2, -0.15) is 10.2 Å². The third-order valence-electron chi connectivity index (χ3n) is 10.3. The number of carbonyl (C=O) groups is 2. The molecule has 2 aliphatic carbocycles. The maximum Gasteiger partial charge on any atom is 0.338 e. The Balaban J connectivity index is 0.000000178. The summed E-state index contributed by atoms with van der Waals surface area (Å²) in [7, 11) is -7.68. The summed E-state index contributed by atoms with van der Waals surface area (Å²) in [5.41, 5.74) is 1.50. The van der Waals surface area contributed by atoms with Gasteiger partial charge in [0.05, 0.1) is 48.1 Å². The van der Waals surface area contributed by atoms with Crippen molar-refractivity contribution in [1.29, 1.82) is 0 Å². The molecule has 63 heavy (non-hydrogen) atoms. The van der Waals surface area contributed by atoms with Gasteiger partial charge in [-0.15, -0.1) is 10.2 Å². The molecule has 336 valence electrons. The summed E-state index contributed by atoms with van der Waals surface area (Å²) in [5, 5.41) is 34.2. The molecule has 2 aliphatic rings. The van der Waals surface area contributed by atoms with Crippen molar-refractivity contribution >= 4 is 55.1 Å². The SMILES string of the molecule is CC1(CCOc2ccn(-c3ccc(C(=O)O)c(Cl)n3)n2)CC1.Cc1[nH]ncc1S(=O)(=O)NC(=O)c1ccc(-n2ccc(OCCC3(C)CC3)n2)nc1Cl.Cc1[nH]ncc1S(N)(=O)=O. The molecule has 0 bridgehead atoms. The first-order valence-corrected chi connectivity index (χ1v) is 23.0. The van der Waals surface area contributed by atoms with Crippen molar-refractivity contribution in [3.63, 3.8) is 0 Å². The van der Waals surface area contributed by atoms with Crippen LogP contribution in [0.5, 0.6) is 11.8 Å². The summed E-state index contributed by atoms with van der Waals surface area (Å²) in [6.45, 7) is 8.84. The van der Waals surface area contributed by atoms with Gasteiger partial charge in [0.1, 0.15) is 20.1 Å². The van der Waals surface area contributed by atoms with Gasteiger partial charge >= 0.3 is 5.97 Å². The zero-order valence-electron chi connectivity index (χ0n) is 34.4. The van der Waals surface area contributed by atoms with Crippen LogP contribution in [-0.4, -0.2) is 97.0 Å². The number of halogens is 2. The molecule has 6 heterocycles. The second-order valence-electron chi connectivity index (χ2n) is 15.5. The van der Waals surface area contributed by atoms with E-state index in [2.05, 4.69) is 54.4 Å². The number of nitrogens with zero attached hydrogens (tertiary/aromatic N) is 8. The lowest BCUT2D eigenvalue weighted by atomic mass is 10.1. The van der Waals surface area contributed by atoms with E-state index >= 15 is 0 Å². The van der Waals surface area contributed by atoms with E-state index in [1.54, 1.807) is 37.5 Å². The first kappa shape index (κ1) is 46.6. The summed E-state index contributed by atoms with van der Waals surface area (Å²) in [4.78, 5) is 31.5. The molecule has 6 aromatic heterocycles. The van der Waals surface area contributed by atoms with Gasteiger partial charge in [0.2, 0.25) is 21.8 Å². The molecule has 2 saturated carbocycles. The van der Waals surface area contributed by atoms with E-state index in [0.717, 1.165) is 19.0 Å². The number of carboxylic acid groups (broad SMARTS) is 1. The van der Waals surface area contributed by atoms with Gasteiger partial charge in [-0.25, -0.2) is 50.8 Å². The van der Waals surface area contributed by atoms with Crippen LogP contribution >= 0.6 is 23.2 Å². The number of amides is 1. The average molecular weight is 948 g/mol. The number of pyridine rings is 2. The van der Waals surface area contributed by atoms with E-state index in [9.17, 15) is 26.4 Å². The summed E-state index contributed by atoms with van der Waals surface area (Å²) >= 11 is 12.0. The molecule has 8 rings (SSSR count). The third kappa shape index (κ3) is 12.4. The monoisotopic (exact) mass is 946 g/mol. The zero-order valence-corrected chi connectivity index (χ0v) is 37.5. The van der Waals surface area contributed by atoms with E-state index in [1.807, 2.05) is 4.72 Å². The molecule has 21 nitrogen and oxygen atoms in total. The highest BCUT2D eigenvalue weighted by Crippen LogP contribution is 2.48. The molecule has 6 aromatic rings. The fourth-order valence-electron chi connectivity index (χ4n) is 5.66. The van der Waals surface area contributed by atoms with Crippen molar-refractivity contribution in [2.75, 3.05) is 13.2 Å². The number of nitrogens with one attached hydrogen (secondary N) is 3. The number of primary sulfonamides is 1. The lowest BCUT2D eigenvalue weighted by molar-refractivity contribution is 0.0696.